The van der Waals surface area contributed by atoms with Crippen LogP contribution in [0.2, 0.25) is 0 Å². The third-order valence-electron chi connectivity index (χ3n) is 5.35. The zero-order chi connectivity index (χ0) is 22.5. The lowest BCUT2D eigenvalue weighted by Gasteiger charge is -2.17. The lowest BCUT2D eigenvalue weighted by atomic mass is 10.1. The van der Waals surface area contributed by atoms with Crippen molar-refractivity contribution < 1.29 is 14.3 Å². The van der Waals surface area contributed by atoms with Crippen LogP contribution < -0.4 is 4.74 Å². The van der Waals surface area contributed by atoms with Gasteiger partial charge in [0, 0.05) is 30.7 Å². The SMILES string of the molecule is COc1cccc(-c2nc(C(=O)OC(CCc3ccccc3)c3nccn3C)c(C)[nH]2)c1. The number of hydrogen-bond donors (Lipinski definition) is 1. The van der Waals surface area contributed by atoms with Crippen LogP contribution in [0.25, 0.3) is 11.4 Å². The maximum atomic E-state index is 13.1. The van der Waals surface area contributed by atoms with Crippen LogP contribution in [0.1, 0.15) is 40.1 Å². The minimum absolute atomic E-state index is 0.266. The van der Waals surface area contributed by atoms with Gasteiger partial charge in [-0.25, -0.2) is 14.8 Å². The Balaban J connectivity index is 1.55. The number of aromatic nitrogens is 4. The number of benzene rings is 2. The van der Waals surface area contributed by atoms with Gasteiger partial charge in [-0.3, -0.25) is 0 Å². The van der Waals surface area contributed by atoms with Gasteiger partial charge in [0.2, 0.25) is 0 Å². The van der Waals surface area contributed by atoms with Crippen molar-refractivity contribution in [3.05, 3.63) is 89.8 Å². The number of rotatable bonds is 8. The molecule has 1 atom stereocenters. The summed E-state index contributed by atoms with van der Waals surface area (Å²) in [5.74, 6) is 1.53. The van der Waals surface area contributed by atoms with Gasteiger partial charge in [0.1, 0.15) is 17.4 Å². The van der Waals surface area contributed by atoms with Crippen molar-refractivity contribution in [1.82, 2.24) is 19.5 Å². The van der Waals surface area contributed by atoms with Crippen LogP contribution in [-0.2, 0) is 18.2 Å². The van der Waals surface area contributed by atoms with Crippen molar-refractivity contribution in [2.75, 3.05) is 7.11 Å². The smallest absolute Gasteiger partial charge is 0.359 e. The highest BCUT2D eigenvalue weighted by molar-refractivity contribution is 5.89. The molecule has 0 saturated heterocycles. The van der Waals surface area contributed by atoms with Gasteiger partial charge in [-0.15, -0.1) is 0 Å². The van der Waals surface area contributed by atoms with E-state index in [2.05, 4.69) is 27.1 Å². The number of H-pyrrole nitrogens is 1. The van der Waals surface area contributed by atoms with Gasteiger partial charge >= 0.3 is 5.97 Å². The minimum Gasteiger partial charge on any atom is -0.497 e. The molecule has 7 heteroatoms. The van der Waals surface area contributed by atoms with E-state index < -0.39 is 12.1 Å². The maximum Gasteiger partial charge on any atom is 0.359 e. The van der Waals surface area contributed by atoms with Gasteiger partial charge in [-0.2, -0.15) is 0 Å². The normalized spacial score (nSPS) is 11.8. The number of nitrogens with zero attached hydrogens (tertiary/aromatic N) is 3. The fourth-order valence-corrected chi connectivity index (χ4v) is 3.62. The quantitative estimate of drug-likeness (QED) is 0.411. The number of carbonyl (C=O) groups is 1. The Morgan fingerprint density at radius 2 is 1.97 bits per heavy atom. The van der Waals surface area contributed by atoms with E-state index >= 15 is 0 Å². The number of hydrogen-bond acceptors (Lipinski definition) is 5. The van der Waals surface area contributed by atoms with E-state index in [1.807, 2.05) is 67.2 Å². The van der Waals surface area contributed by atoms with E-state index in [0.717, 1.165) is 17.7 Å². The summed E-state index contributed by atoms with van der Waals surface area (Å²) < 4.78 is 13.1. The second-order valence-electron chi connectivity index (χ2n) is 7.61. The van der Waals surface area contributed by atoms with Gasteiger partial charge < -0.3 is 19.0 Å². The van der Waals surface area contributed by atoms with E-state index in [1.54, 1.807) is 13.3 Å². The van der Waals surface area contributed by atoms with E-state index in [9.17, 15) is 4.79 Å². The Hall–Kier alpha value is -3.87. The monoisotopic (exact) mass is 430 g/mol. The molecule has 0 fully saturated rings. The maximum absolute atomic E-state index is 13.1. The van der Waals surface area contributed by atoms with Crippen LogP contribution in [0.4, 0.5) is 0 Å². The van der Waals surface area contributed by atoms with Gasteiger partial charge in [0.25, 0.3) is 0 Å². The van der Waals surface area contributed by atoms with Crippen LogP contribution in [0, 0.1) is 6.92 Å². The Kier molecular flexibility index (Phi) is 6.35. The molecule has 164 valence electrons. The summed E-state index contributed by atoms with van der Waals surface area (Å²) in [5.41, 5.74) is 2.92. The Morgan fingerprint density at radius 1 is 1.16 bits per heavy atom. The van der Waals surface area contributed by atoms with Gasteiger partial charge in [0.05, 0.1) is 7.11 Å². The predicted octanol–water partition coefficient (Wildman–Crippen LogP) is 4.66. The molecule has 0 aliphatic rings. The Morgan fingerprint density at radius 3 is 2.69 bits per heavy atom. The van der Waals surface area contributed by atoms with E-state index in [4.69, 9.17) is 9.47 Å². The summed E-state index contributed by atoms with van der Waals surface area (Å²) >= 11 is 0. The lowest BCUT2D eigenvalue weighted by Crippen LogP contribution is -2.17. The molecule has 4 aromatic rings. The van der Waals surface area contributed by atoms with Crippen LogP contribution in [0.5, 0.6) is 5.75 Å². The predicted molar refractivity (Wildman–Crippen MR) is 121 cm³/mol. The standard InChI is InChI=1S/C25H26N4O3/c1-17-22(28-23(27-17)19-10-7-11-20(16-19)31-3)25(30)32-21(24-26-14-15-29(24)2)13-12-18-8-5-4-6-9-18/h4-11,14-16,21H,12-13H2,1-3H3,(H,27,28). The Labute approximate surface area is 187 Å². The van der Waals surface area contributed by atoms with Gasteiger partial charge in [-0.1, -0.05) is 42.5 Å². The topological polar surface area (TPSA) is 82.0 Å². The molecule has 2 aromatic carbocycles. The molecule has 4 rings (SSSR count). The molecule has 0 aliphatic carbocycles. The number of methoxy groups -OCH3 is 1. The summed E-state index contributed by atoms with van der Waals surface area (Å²) in [5, 5.41) is 0. The minimum atomic E-state index is -0.487. The van der Waals surface area contributed by atoms with Crippen LogP contribution in [0.3, 0.4) is 0 Å². The first kappa shape index (κ1) is 21.4. The summed E-state index contributed by atoms with van der Waals surface area (Å²) in [6.45, 7) is 1.81. The number of aromatic amines is 1. The van der Waals surface area contributed by atoms with Crippen molar-refractivity contribution >= 4 is 5.97 Å². The van der Waals surface area contributed by atoms with Gasteiger partial charge in [0.15, 0.2) is 11.8 Å². The van der Waals surface area contributed by atoms with Crippen LogP contribution in [-0.4, -0.2) is 32.6 Å². The van der Waals surface area contributed by atoms with Crippen LogP contribution >= 0.6 is 0 Å². The summed E-state index contributed by atoms with van der Waals surface area (Å²) in [4.78, 5) is 25.2. The molecule has 2 aromatic heterocycles. The molecule has 2 heterocycles. The largest absolute Gasteiger partial charge is 0.497 e. The second-order valence-corrected chi connectivity index (χ2v) is 7.61. The zero-order valence-corrected chi connectivity index (χ0v) is 18.4. The number of ether oxygens (including phenoxy) is 2. The zero-order valence-electron chi connectivity index (χ0n) is 18.4. The average molecular weight is 431 g/mol. The molecule has 0 bridgehead atoms. The molecule has 7 nitrogen and oxygen atoms in total. The number of aryl methyl sites for hydroxylation is 3. The molecule has 0 spiro atoms. The van der Waals surface area contributed by atoms with Gasteiger partial charge in [-0.05, 0) is 37.5 Å². The highest BCUT2D eigenvalue weighted by Crippen LogP contribution is 2.26. The number of nitrogens with one attached hydrogen (secondary N) is 1. The third-order valence-corrected chi connectivity index (χ3v) is 5.35. The molecule has 0 radical (unpaired) electrons. The van der Waals surface area contributed by atoms with E-state index in [-0.39, 0.29) is 5.69 Å². The molecule has 1 N–H and O–H groups in total. The number of imidazole rings is 2. The average Bonchev–Trinajstić information content (AvgIpc) is 3.42. The summed E-state index contributed by atoms with van der Waals surface area (Å²) in [6, 6.07) is 17.6. The fourth-order valence-electron chi connectivity index (χ4n) is 3.62. The Bertz CT molecular complexity index is 1200. The van der Waals surface area contributed by atoms with E-state index in [1.165, 1.54) is 5.56 Å². The fraction of sp³-hybridized carbons (Fsp3) is 0.240. The molecule has 0 amide bonds. The number of esters is 1. The van der Waals surface area contributed by atoms with Crippen LogP contribution in [0.15, 0.2) is 67.0 Å². The molecule has 0 saturated carbocycles. The van der Waals surface area contributed by atoms with Crippen molar-refractivity contribution in [3.63, 3.8) is 0 Å². The van der Waals surface area contributed by atoms with Crippen molar-refractivity contribution in [2.45, 2.75) is 25.9 Å². The third kappa shape index (κ3) is 4.72. The molecule has 1 unspecified atom stereocenters. The molecular weight excluding hydrogens is 404 g/mol. The van der Waals surface area contributed by atoms with Crippen molar-refractivity contribution in [1.29, 1.82) is 0 Å². The first-order chi connectivity index (χ1) is 15.5. The first-order valence-corrected chi connectivity index (χ1v) is 10.5. The molecule has 0 aliphatic heterocycles. The second kappa shape index (κ2) is 9.51. The van der Waals surface area contributed by atoms with Crippen molar-refractivity contribution in [2.24, 2.45) is 7.05 Å². The highest BCUT2D eigenvalue weighted by atomic mass is 16.5. The molecule has 32 heavy (non-hydrogen) atoms. The highest BCUT2D eigenvalue weighted by Gasteiger charge is 2.25. The first-order valence-electron chi connectivity index (χ1n) is 10.5. The van der Waals surface area contributed by atoms with E-state index in [0.29, 0.717) is 23.8 Å². The number of carbonyl (C=O) groups excluding carboxylic acids is 1. The summed E-state index contributed by atoms with van der Waals surface area (Å²) in [7, 11) is 3.51. The van der Waals surface area contributed by atoms with Crippen molar-refractivity contribution in [3.8, 4) is 17.1 Å². The molecular formula is C25H26N4O3. The lowest BCUT2D eigenvalue weighted by molar-refractivity contribution is 0.0242. The summed E-state index contributed by atoms with van der Waals surface area (Å²) in [6.07, 6.45) is 4.45.